The van der Waals surface area contributed by atoms with Crippen molar-refractivity contribution < 1.29 is 4.74 Å². The number of rotatable bonds is 1. The third-order valence-electron chi connectivity index (χ3n) is 3.93. The largest absolute Gasteiger partial charge is 0.489 e. The first-order valence-corrected chi connectivity index (χ1v) is 7.51. The fourth-order valence-corrected chi connectivity index (χ4v) is 2.95. The Hall–Kier alpha value is -1.22. The summed E-state index contributed by atoms with van der Waals surface area (Å²) in [6, 6.07) is 6.87. The Labute approximate surface area is 117 Å². The van der Waals surface area contributed by atoms with E-state index in [1.165, 1.54) is 17.8 Å². The summed E-state index contributed by atoms with van der Waals surface area (Å²) < 4.78 is 5.90. The number of anilines is 1. The lowest BCUT2D eigenvalue weighted by atomic mass is 10.1. The Kier molecular flexibility index (Phi) is 4.70. The van der Waals surface area contributed by atoms with Gasteiger partial charge in [-0.3, -0.25) is 4.90 Å². The third kappa shape index (κ3) is 2.71. The van der Waals surface area contributed by atoms with Gasteiger partial charge in [-0.05, 0) is 25.1 Å². The highest BCUT2D eigenvalue weighted by Gasteiger charge is 2.32. The minimum absolute atomic E-state index is 0.525. The van der Waals surface area contributed by atoms with Gasteiger partial charge in [0.1, 0.15) is 12.4 Å². The van der Waals surface area contributed by atoms with E-state index in [0.717, 1.165) is 32.0 Å². The van der Waals surface area contributed by atoms with E-state index >= 15 is 0 Å². The molecule has 2 heterocycles. The number of hydrogen-bond acceptors (Lipinski definition) is 3. The van der Waals surface area contributed by atoms with E-state index in [4.69, 9.17) is 4.74 Å². The van der Waals surface area contributed by atoms with Crippen molar-refractivity contribution in [2.24, 2.45) is 0 Å². The van der Waals surface area contributed by atoms with Crippen molar-refractivity contribution in [3.63, 3.8) is 0 Å². The fraction of sp³-hybridized carbons (Fsp3) is 0.625. The molecule has 0 spiro atoms. The Morgan fingerprint density at radius 2 is 2.05 bits per heavy atom. The van der Waals surface area contributed by atoms with E-state index in [9.17, 15) is 0 Å². The molecule has 2 aliphatic rings. The monoisotopic (exact) mass is 262 g/mol. The molecule has 1 unspecified atom stereocenters. The highest BCUT2D eigenvalue weighted by molar-refractivity contribution is 5.65. The Morgan fingerprint density at radius 1 is 1.26 bits per heavy atom. The molecule has 0 bridgehead atoms. The second kappa shape index (κ2) is 6.29. The van der Waals surface area contributed by atoms with Crippen molar-refractivity contribution >= 4 is 5.69 Å². The van der Waals surface area contributed by atoms with Gasteiger partial charge in [0.2, 0.25) is 0 Å². The first-order valence-electron chi connectivity index (χ1n) is 7.51. The lowest BCUT2D eigenvalue weighted by Gasteiger charge is -2.46. The van der Waals surface area contributed by atoms with Crippen molar-refractivity contribution in [2.45, 2.75) is 33.7 Å². The third-order valence-corrected chi connectivity index (χ3v) is 3.93. The number of nitrogens with zero attached hydrogens (tertiary/aromatic N) is 2. The lowest BCUT2D eigenvalue weighted by Crippen LogP contribution is -2.57. The molecule has 19 heavy (non-hydrogen) atoms. The van der Waals surface area contributed by atoms with E-state index in [-0.39, 0.29) is 0 Å². The van der Waals surface area contributed by atoms with Crippen LogP contribution in [0.1, 0.15) is 26.3 Å². The smallest absolute Gasteiger partial charge is 0.142 e. The number of para-hydroxylation sites is 1. The molecule has 3 heteroatoms. The summed E-state index contributed by atoms with van der Waals surface area (Å²) in [6.07, 6.45) is 0. The normalized spacial score (nSPS) is 21.7. The number of likely N-dealkylation sites (N-methyl/N-ethyl adjacent to an activating group) is 1. The number of hydrogen-bond donors (Lipinski definition) is 0. The van der Waals surface area contributed by atoms with Crippen LogP contribution in [0.2, 0.25) is 0 Å². The van der Waals surface area contributed by atoms with Crippen LogP contribution in [0.3, 0.4) is 0 Å². The predicted molar refractivity (Wildman–Crippen MR) is 81.3 cm³/mol. The van der Waals surface area contributed by atoms with E-state index in [1.807, 2.05) is 13.8 Å². The molecule has 1 saturated heterocycles. The van der Waals surface area contributed by atoms with Gasteiger partial charge in [-0.25, -0.2) is 0 Å². The van der Waals surface area contributed by atoms with Crippen LogP contribution in [0.15, 0.2) is 18.2 Å². The van der Waals surface area contributed by atoms with Gasteiger partial charge >= 0.3 is 0 Å². The summed E-state index contributed by atoms with van der Waals surface area (Å²) in [5, 5.41) is 0. The van der Waals surface area contributed by atoms with Crippen molar-refractivity contribution in [2.75, 3.05) is 37.7 Å². The summed E-state index contributed by atoms with van der Waals surface area (Å²) in [6.45, 7) is 13.8. The zero-order chi connectivity index (χ0) is 13.8. The molecule has 3 rings (SSSR count). The summed E-state index contributed by atoms with van der Waals surface area (Å²) in [4.78, 5) is 5.05. The van der Waals surface area contributed by atoms with Gasteiger partial charge in [-0.1, -0.05) is 32.9 Å². The molecule has 0 aromatic heterocycles. The molecule has 0 aliphatic carbocycles. The van der Waals surface area contributed by atoms with Crippen molar-refractivity contribution in [3.05, 3.63) is 23.8 Å². The first kappa shape index (κ1) is 14.2. The van der Waals surface area contributed by atoms with Crippen LogP contribution < -0.4 is 9.64 Å². The zero-order valence-corrected chi connectivity index (χ0v) is 12.6. The van der Waals surface area contributed by atoms with Gasteiger partial charge in [0.25, 0.3) is 0 Å². The number of piperazine rings is 1. The van der Waals surface area contributed by atoms with E-state index in [0.29, 0.717) is 6.04 Å². The van der Waals surface area contributed by atoms with Gasteiger partial charge in [-0.15, -0.1) is 0 Å². The lowest BCUT2D eigenvalue weighted by molar-refractivity contribution is 0.172. The number of ether oxygens (including phenoxy) is 1. The SMILES string of the molecule is CC.CCN1CCN2c3c(C)cccc3OCC2C1. The van der Waals surface area contributed by atoms with Crippen molar-refractivity contribution in [3.8, 4) is 5.75 Å². The van der Waals surface area contributed by atoms with E-state index in [1.54, 1.807) is 0 Å². The average Bonchev–Trinajstić information content (AvgIpc) is 2.48. The first-order chi connectivity index (χ1) is 9.29. The number of benzene rings is 1. The second-order valence-corrected chi connectivity index (χ2v) is 4.97. The van der Waals surface area contributed by atoms with Gasteiger partial charge in [-0.2, -0.15) is 0 Å². The molecule has 0 radical (unpaired) electrons. The average molecular weight is 262 g/mol. The van der Waals surface area contributed by atoms with Crippen LogP contribution in [0.5, 0.6) is 5.75 Å². The minimum Gasteiger partial charge on any atom is -0.489 e. The summed E-state index contributed by atoms with van der Waals surface area (Å²) in [5.41, 5.74) is 2.65. The summed E-state index contributed by atoms with van der Waals surface area (Å²) in [7, 11) is 0. The van der Waals surface area contributed by atoms with Crippen LogP contribution in [0.25, 0.3) is 0 Å². The fourth-order valence-electron chi connectivity index (χ4n) is 2.95. The van der Waals surface area contributed by atoms with Crippen molar-refractivity contribution in [1.82, 2.24) is 4.90 Å². The van der Waals surface area contributed by atoms with Crippen LogP contribution in [0.4, 0.5) is 5.69 Å². The quantitative estimate of drug-likeness (QED) is 0.774. The molecule has 1 aromatic rings. The molecule has 0 amide bonds. The van der Waals surface area contributed by atoms with Gasteiger partial charge in [0.15, 0.2) is 0 Å². The number of fused-ring (bicyclic) bond motifs is 3. The molecule has 1 aromatic carbocycles. The molecule has 106 valence electrons. The predicted octanol–water partition coefficient (Wildman–Crippen LogP) is 2.92. The van der Waals surface area contributed by atoms with Gasteiger partial charge in [0, 0.05) is 19.6 Å². The van der Waals surface area contributed by atoms with Crippen molar-refractivity contribution in [1.29, 1.82) is 0 Å². The molecule has 0 saturated carbocycles. The van der Waals surface area contributed by atoms with Crippen LogP contribution >= 0.6 is 0 Å². The maximum absolute atomic E-state index is 5.90. The molecular formula is C16H26N2O. The van der Waals surface area contributed by atoms with Crippen LogP contribution in [-0.2, 0) is 0 Å². The second-order valence-electron chi connectivity index (χ2n) is 4.97. The Morgan fingerprint density at radius 3 is 2.79 bits per heavy atom. The van der Waals surface area contributed by atoms with E-state index < -0.39 is 0 Å². The molecule has 3 nitrogen and oxygen atoms in total. The van der Waals surface area contributed by atoms with Crippen LogP contribution in [-0.4, -0.2) is 43.7 Å². The Balaban J connectivity index is 0.000000637. The molecule has 0 N–H and O–H groups in total. The highest BCUT2D eigenvalue weighted by Crippen LogP contribution is 2.37. The van der Waals surface area contributed by atoms with Gasteiger partial charge < -0.3 is 9.64 Å². The Bertz CT molecular complexity index is 419. The zero-order valence-electron chi connectivity index (χ0n) is 12.6. The molecular weight excluding hydrogens is 236 g/mol. The van der Waals surface area contributed by atoms with Gasteiger partial charge in [0.05, 0.1) is 11.7 Å². The van der Waals surface area contributed by atoms with E-state index in [2.05, 4.69) is 41.8 Å². The maximum atomic E-state index is 5.90. The minimum atomic E-state index is 0.525. The summed E-state index contributed by atoms with van der Waals surface area (Å²) in [5.74, 6) is 1.06. The topological polar surface area (TPSA) is 15.7 Å². The molecule has 1 fully saturated rings. The van der Waals surface area contributed by atoms with Crippen LogP contribution in [0, 0.1) is 6.92 Å². The summed E-state index contributed by atoms with van der Waals surface area (Å²) >= 11 is 0. The highest BCUT2D eigenvalue weighted by atomic mass is 16.5. The number of aryl methyl sites for hydroxylation is 1. The maximum Gasteiger partial charge on any atom is 0.142 e. The molecule has 1 atom stereocenters. The molecule has 2 aliphatic heterocycles. The standard InChI is InChI=1S/C14H20N2O.C2H6/c1-3-15-7-8-16-12(9-15)10-17-13-6-4-5-11(2)14(13)16;1-2/h4-6,12H,3,7-10H2,1-2H3;1-2H3.